The highest BCUT2D eigenvalue weighted by atomic mass is 16.5. The minimum Gasteiger partial charge on any atom is -0.381 e. The Bertz CT molecular complexity index is 420. The van der Waals surface area contributed by atoms with Gasteiger partial charge in [0.05, 0.1) is 24.9 Å². The Labute approximate surface area is 140 Å². The summed E-state index contributed by atoms with van der Waals surface area (Å²) in [5.41, 5.74) is 0.291. The van der Waals surface area contributed by atoms with Crippen molar-refractivity contribution in [2.45, 2.75) is 64.3 Å². The van der Waals surface area contributed by atoms with Gasteiger partial charge in [0, 0.05) is 32.2 Å². The lowest BCUT2D eigenvalue weighted by Gasteiger charge is -2.44. The van der Waals surface area contributed by atoms with Crippen LogP contribution in [0.3, 0.4) is 0 Å². The Morgan fingerprint density at radius 3 is 2.61 bits per heavy atom. The van der Waals surface area contributed by atoms with Crippen molar-refractivity contribution >= 4 is 5.91 Å². The Kier molecular flexibility index (Phi) is 5.29. The minimum atomic E-state index is 0.142. The molecule has 1 saturated carbocycles. The fourth-order valence-electron chi connectivity index (χ4n) is 5.01. The highest BCUT2D eigenvalue weighted by Crippen LogP contribution is 2.46. The molecule has 0 bridgehead atoms. The van der Waals surface area contributed by atoms with Crippen LogP contribution >= 0.6 is 0 Å². The molecule has 5 heteroatoms. The summed E-state index contributed by atoms with van der Waals surface area (Å²) in [6.45, 7) is 8.16. The van der Waals surface area contributed by atoms with Crippen molar-refractivity contribution in [3.63, 3.8) is 0 Å². The van der Waals surface area contributed by atoms with Crippen molar-refractivity contribution in [1.82, 2.24) is 9.80 Å². The number of hydrogen-bond donors (Lipinski definition) is 0. The van der Waals surface area contributed by atoms with E-state index >= 15 is 0 Å². The van der Waals surface area contributed by atoms with Crippen LogP contribution in [0, 0.1) is 5.41 Å². The third-order valence-corrected chi connectivity index (χ3v) is 5.93. The second kappa shape index (κ2) is 7.08. The van der Waals surface area contributed by atoms with Gasteiger partial charge in [-0.15, -0.1) is 0 Å². The maximum absolute atomic E-state index is 12.7. The maximum Gasteiger partial charge on any atom is 0.236 e. The number of carbonyl (C=O) groups is 1. The SMILES string of the molecule is CO[C@@H]1CCC[C@]12CCCN(CC(=O)N1C[C@@H](C)O[C@@H](C)C1)C2. The van der Waals surface area contributed by atoms with E-state index in [-0.39, 0.29) is 18.1 Å². The number of ether oxygens (including phenoxy) is 2. The molecule has 0 aromatic rings. The van der Waals surface area contributed by atoms with Crippen LogP contribution in [0.1, 0.15) is 46.0 Å². The second-order valence-corrected chi connectivity index (χ2v) is 7.85. The summed E-state index contributed by atoms with van der Waals surface area (Å²) >= 11 is 0. The lowest BCUT2D eigenvalue weighted by molar-refractivity contribution is -0.145. The first-order chi connectivity index (χ1) is 11.0. The molecule has 2 heterocycles. The molecule has 2 saturated heterocycles. The Hall–Kier alpha value is -0.650. The second-order valence-electron chi connectivity index (χ2n) is 7.85. The summed E-state index contributed by atoms with van der Waals surface area (Å²) in [4.78, 5) is 17.1. The van der Waals surface area contributed by atoms with Gasteiger partial charge in [-0.05, 0) is 46.1 Å². The van der Waals surface area contributed by atoms with E-state index in [4.69, 9.17) is 9.47 Å². The molecule has 0 aromatic carbocycles. The van der Waals surface area contributed by atoms with E-state index in [2.05, 4.69) is 4.90 Å². The topological polar surface area (TPSA) is 42.0 Å². The van der Waals surface area contributed by atoms with E-state index < -0.39 is 0 Å². The van der Waals surface area contributed by atoms with Crippen molar-refractivity contribution in [1.29, 1.82) is 0 Å². The zero-order valence-corrected chi connectivity index (χ0v) is 14.9. The Balaban J connectivity index is 1.58. The smallest absolute Gasteiger partial charge is 0.236 e. The molecule has 3 aliphatic rings. The number of carbonyl (C=O) groups excluding carboxylic acids is 1. The molecule has 0 aromatic heterocycles. The molecular formula is C18H32N2O3. The Morgan fingerprint density at radius 2 is 1.91 bits per heavy atom. The quantitative estimate of drug-likeness (QED) is 0.795. The van der Waals surface area contributed by atoms with Crippen molar-refractivity contribution in [2.24, 2.45) is 5.41 Å². The Morgan fingerprint density at radius 1 is 1.22 bits per heavy atom. The average Bonchev–Trinajstić information content (AvgIpc) is 2.88. The fourth-order valence-corrected chi connectivity index (χ4v) is 5.01. The van der Waals surface area contributed by atoms with Crippen molar-refractivity contribution in [2.75, 3.05) is 39.8 Å². The normalized spacial score (nSPS) is 39.1. The molecule has 23 heavy (non-hydrogen) atoms. The van der Waals surface area contributed by atoms with E-state index in [0.29, 0.717) is 18.1 Å². The van der Waals surface area contributed by atoms with Gasteiger partial charge in [0.25, 0.3) is 0 Å². The number of rotatable bonds is 3. The van der Waals surface area contributed by atoms with Crippen molar-refractivity contribution < 1.29 is 14.3 Å². The van der Waals surface area contributed by atoms with Crippen LogP contribution in [0.4, 0.5) is 0 Å². The molecule has 3 fully saturated rings. The monoisotopic (exact) mass is 324 g/mol. The van der Waals surface area contributed by atoms with E-state index in [0.717, 1.165) is 26.2 Å². The van der Waals surface area contributed by atoms with Gasteiger partial charge in [-0.2, -0.15) is 0 Å². The van der Waals surface area contributed by atoms with Gasteiger partial charge in [0.1, 0.15) is 0 Å². The van der Waals surface area contributed by atoms with Crippen molar-refractivity contribution in [3.05, 3.63) is 0 Å². The number of methoxy groups -OCH3 is 1. The molecular weight excluding hydrogens is 292 g/mol. The number of likely N-dealkylation sites (tertiary alicyclic amines) is 1. The van der Waals surface area contributed by atoms with Crippen LogP contribution < -0.4 is 0 Å². The molecule has 2 aliphatic heterocycles. The first-order valence-electron chi connectivity index (χ1n) is 9.21. The number of nitrogens with zero attached hydrogens (tertiary/aromatic N) is 2. The van der Waals surface area contributed by atoms with E-state index in [1.54, 1.807) is 0 Å². The minimum absolute atomic E-state index is 0.142. The average molecular weight is 324 g/mol. The molecule has 132 valence electrons. The summed E-state index contributed by atoms with van der Waals surface area (Å²) in [6, 6.07) is 0. The number of morpholine rings is 1. The highest BCUT2D eigenvalue weighted by molar-refractivity contribution is 5.78. The standard InChI is InChI=1S/C18H32N2O3/c1-14-10-20(11-15(2)23-14)17(21)12-19-9-5-8-18(13-19)7-4-6-16(18)22-3/h14-16H,4-13H2,1-3H3/t14-,15+,16-,18-/m1/s1. The summed E-state index contributed by atoms with van der Waals surface area (Å²) < 4.78 is 11.5. The van der Waals surface area contributed by atoms with Crippen molar-refractivity contribution in [3.8, 4) is 0 Å². The zero-order valence-electron chi connectivity index (χ0n) is 14.9. The first kappa shape index (κ1) is 17.2. The molecule has 1 spiro atoms. The van der Waals surface area contributed by atoms with Crippen LogP contribution in [-0.2, 0) is 14.3 Å². The van der Waals surface area contributed by atoms with Crippen LogP contribution in [0.2, 0.25) is 0 Å². The summed E-state index contributed by atoms with van der Waals surface area (Å²) in [5.74, 6) is 0.260. The summed E-state index contributed by atoms with van der Waals surface area (Å²) in [6.07, 6.45) is 6.79. The third-order valence-electron chi connectivity index (χ3n) is 5.93. The maximum atomic E-state index is 12.7. The molecule has 0 radical (unpaired) electrons. The number of hydrogen-bond acceptors (Lipinski definition) is 4. The number of amides is 1. The van der Waals surface area contributed by atoms with Gasteiger partial charge >= 0.3 is 0 Å². The van der Waals surface area contributed by atoms with Crippen LogP contribution in [0.5, 0.6) is 0 Å². The predicted molar refractivity (Wildman–Crippen MR) is 89.3 cm³/mol. The van der Waals surface area contributed by atoms with Crippen LogP contribution in [-0.4, -0.2) is 73.9 Å². The van der Waals surface area contributed by atoms with E-state index in [9.17, 15) is 4.79 Å². The zero-order chi connectivity index (χ0) is 16.4. The van der Waals surface area contributed by atoms with Crippen LogP contribution in [0.15, 0.2) is 0 Å². The molecule has 1 aliphatic carbocycles. The van der Waals surface area contributed by atoms with Gasteiger partial charge in [0.2, 0.25) is 5.91 Å². The highest BCUT2D eigenvalue weighted by Gasteiger charge is 2.46. The largest absolute Gasteiger partial charge is 0.381 e. The van der Waals surface area contributed by atoms with E-state index in [1.165, 1.54) is 32.1 Å². The number of piperidine rings is 1. The van der Waals surface area contributed by atoms with Gasteiger partial charge in [-0.1, -0.05) is 6.42 Å². The lowest BCUT2D eigenvalue weighted by atomic mass is 9.76. The fraction of sp³-hybridized carbons (Fsp3) is 0.944. The van der Waals surface area contributed by atoms with Gasteiger partial charge < -0.3 is 14.4 Å². The molecule has 0 N–H and O–H groups in total. The van der Waals surface area contributed by atoms with Crippen LogP contribution in [0.25, 0.3) is 0 Å². The van der Waals surface area contributed by atoms with Gasteiger partial charge in [0.15, 0.2) is 0 Å². The predicted octanol–water partition coefficient (Wildman–Crippen LogP) is 1.90. The van der Waals surface area contributed by atoms with Gasteiger partial charge in [-0.25, -0.2) is 0 Å². The first-order valence-corrected chi connectivity index (χ1v) is 9.21. The molecule has 1 amide bonds. The molecule has 0 unspecified atom stereocenters. The van der Waals surface area contributed by atoms with E-state index in [1.807, 2.05) is 25.9 Å². The molecule has 5 nitrogen and oxygen atoms in total. The summed E-state index contributed by atoms with van der Waals surface area (Å²) in [5, 5.41) is 0. The molecule has 4 atom stereocenters. The van der Waals surface area contributed by atoms with Gasteiger partial charge in [-0.3, -0.25) is 9.69 Å². The summed E-state index contributed by atoms with van der Waals surface area (Å²) in [7, 11) is 1.85. The molecule has 3 rings (SSSR count). The third kappa shape index (κ3) is 3.72. The lowest BCUT2D eigenvalue weighted by Crippen LogP contribution is -2.54.